The molecule has 0 aliphatic heterocycles. The van der Waals surface area contributed by atoms with Crippen LogP contribution < -0.4 is 5.73 Å². The van der Waals surface area contributed by atoms with Crippen LogP contribution in [0.3, 0.4) is 0 Å². The summed E-state index contributed by atoms with van der Waals surface area (Å²) in [5.41, 5.74) is 4.51. The van der Waals surface area contributed by atoms with Crippen molar-refractivity contribution in [3.05, 3.63) is 23.0 Å². The summed E-state index contributed by atoms with van der Waals surface area (Å²) in [7, 11) is 1.15. The van der Waals surface area contributed by atoms with Gasteiger partial charge < -0.3 is 10.5 Å². The molecular formula is C10H9F2N3O2. The van der Waals surface area contributed by atoms with Crippen LogP contribution >= 0.6 is 0 Å². The molecule has 0 aliphatic rings. The van der Waals surface area contributed by atoms with Crippen molar-refractivity contribution >= 4 is 11.7 Å². The van der Waals surface area contributed by atoms with Crippen LogP contribution in [-0.4, -0.2) is 18.1 Å². The summed E-state index contributed by atoms with van der Waals surface area (Å²) in [5, 5.41) is 8.75. The lowest BCUT2D eigenvalue weighted by molar-refractivity contribution is -0.139. The molecule has 0 aromatic carbocycles. The van der Waals surface area contributed by atoms with Gasteiger partial charge in [0.05, 0.1) is 19.1 Å². The van der Waals surface area contributed by atoms with E-state index in [1.807, 2.05) is 0 Å². The summed E-state index contributed by atoms with van der Waals surface area (Å²) in [5.74, 6) is -0.679. The number of carbonyl (C=O) groups excluding carboxylic acids is 1. The molecule has 1 heterocycles. The second-order valence-corrected chi connectivity index (χ2v) is 3.12. The van der Waals surface area contributed by atoms with Crippen LogP contribution in [0.25, 0.3) is 0 Å². The van der Waals surface area contributed by atoms with Crippen LogP contribution in [0.4, 0.5) is 14.5 Å². The fourth-order valence-corrected chi connectivity index (χ4v) is 1.25. The van der Waals surface area contributed by atoms with Crippen LogP contribution in [0, 0.1) is 11.3 Å². The van der Waals surface area contributed by atoms with Gasteiger partial charge in [0.2, 0.25) is 0 Å². The Hall–Kier alpha value is -2.23. The number of nitrogens with two attached hydrogens (primary N) is 1. The zero-order valence-electron chi connectivity index (χ0n) is 8.91. The average molecular weight is 241 g/mol. The van der Waals surface area contributed by atoms with Gasteiger partial charge in [-0.25, -0.2) is 13.8 Å². The van der Waals surface area contributed by atoms with Gasteiger partial charge in [-0.1, -0.05) is 0 Å². The molecule has 1 aromatic rings. The number of nitrogen functional groups attached to an aromatic ring is 1. The molecule has 0 saturated carbocycles. The van der Waals surface area contributed by atoms with E-state index in [1.54, 1.807) is 6.07 Å². The van der Waals surface area contributed by atoms with Crippen molar-refractivity contribution in [2.24, 2.45) is 0 Å². The van der Waals surface area contributed by atoms with E-state index in [0.29, 0.717) is 0 Å². The molecule has 1 aromatic heterocycles. The minimum Gasteiger partial charge on any atom is -0.469 e. The summed E-state index contributed by atoms with van der Waals surface area (Å²) < 4.78 is 29.5. The Morgan fingerprint density at radius 2 is 2.35 bits per heavy atom. The number of anilines is 1. The molecule has 0 radical (unpaired) electrons. The zero-order chi connectivity index (χ0) is 13.0. The van der Waals surface area contributed by atoms with Crippen molar-refractivity contribution < 1.29 is 18.3 Å². The second-order valence-electron chi connectivity index (χ2n) is 3.12. The average Bonchev–Trinajstić information content (AvgIpc) is 2.30. The molecule has 2 N–H and O–H groups in total. The van der Waals surface area contributed by atoms with Crippen molar-refractivity contribution in [1.29, 1.82) is 5.26 Å². The summed E-state index contributed by atoms with van der Waals surface area (Å²) >= 11 is 0. The minimum absolute atomic E-state index is 0.0304. The number of hydrogen-bond acceptors (Lipinski definition) is 5. The first-order valence-electron chi connectivity index (χ1n) is 4.53. The molecule has 0 spiro atoms. The number of ether oxygens (including phenoxy) is 1. The highest BCUT2D eigenvalue weighted by molar-refractivity contribution is 5.76. The van der Waals surface area contributed by atoms with Crippen molar-refractivity contribution in [3.63, 3.8) is 0 Å². The Kier molecular flexibility index (Phi) is 3.93. The number of hydrogen-bond donors (Lipinski definition) is 1. The maximum Gasteiger partial charge on any atom is 0.310 e. The van der Waals surface area contributed by atoms with Crippen LogP contribution in [0.2, 0.25) is 0 Å². The number of aromatic nitrogens is 1. The number of methoxy groups -OCH3 is 1. The molecule has 0 amide bonds. The van der Waals surface area contributed by atoms with Gasteiger partial charge in [0, 0.05) is 17.4 Å². The van der Waals surface area contributed by atoms with Crippen molar-refractivity contribution in [2.45, 2.75) is 12.8 Å². The van der Waals surface area contributed by atoms with E-state index in [-0.39, 0.29) is 23.4 Å². The smallest absolute Gasteiger partial charge is 0.310 e. The normalized spacial score (nSPS) is 10.1. The van der Waals surface area contributed by atoms with Gasteiger partial charge in [0.25, 0.3) is 6.43 Å². The van der Waals surface area contributed by atoms with Crippen LogP contribution in [0.1, 0.15) is 23.2 Å². The third kappa shape index (κ3) is 2.66. The lowest BCUT2D eigenvalue weighted by atomic mass is 10.0. The quantitative estimate of drug-likeness (QED) is 0.803. The number of nitriles is 1. The Balaban J connectivity index is 3.28. The van der Waals surface area contributed by atoms with Crippen LogP contribution in [0.5, 0.6) is 0 Å². The number of carbonyl (C=O) groups is 1. The molecule has 0 fully saturated rings. The maximum absolute atomic E-state index is 12.5. The molecule has 0 aliphatic carbocycles. The Morgan fingerprint density at radius 3 is 2.82 bits per heavy atom. The van der Waals surface area contributed by atoms with Crippen LogP contribution in [-0.2, 0) is 16.0 Å². The van der Waals surface area contributed by atoms with Gasteiger partial charge in [0.15, 0.2) is 0 Å². The highest BCUT2D eigenvalue weighted by Crippen LogP contribution is 2.28. The van der Waals surface area contributed by atoms with Crippen molar-refractivity contribution in [1.82, 2.24) is 4.98 Å². The van der Waals surface area contributed by atoms with Gasteiger partial charge in [-0.3, -0.25) is 4.79 Å². The number of rotatable bonds is 3. The monoisotopic (exact) mass is 241 g/mol. The molecule has 17 heavy (non-hydrogen) atoms. The molecule has 7 heteroatoms. The van der Waals surface area contributed by atoms with E-state index < -0.39 is 18.0 Å². The first-order chi connectivity index (χ1) is 8.01. The third-order valence-electron chi connectivity index (χ3n) is 2.14. The summed E-state index contributed by atoms with van der Waals surface area (Å²) in [6.45, 7) is 0. The highest BCUT2D eigenvalue weighted by Gasteiger charge is 2.20. The maximum atomic E-state index is 12.5. The summed E-state index contributed by atoms with van der Waals surface area (Å²) in [4.78, 5) is 14.6. The zero-order valence-corrected chi connectivity index (χ0v) is 8.91. The molecule has 0 bridgehead atoms. The molecule has 5 nitrogen and oxygen atoms in total. The third-order valence-corrected chi connectivity index (χ3v) is 2.14. The van der Waals surface area contributed by atoms with E-state index in [4.69, 9.17) is 11.0 Å². The van der Waals surface area contributed by atoms with E-state index in [0.717, 1.165) is 13.3 Å². The van der Waals surface area contributed by atoms with E-state index in [2.05, 4.69) is 9.72 Å². The predicted octanol–water partition coefficient (Wildman–Crippen LogP) is 1.19. The van der Waals surface area contributed by atoms with Gasteiger partial charge in [-0.05, 0) is 0 Å². The van der Waals surface area contributed by atoms with Gasteiger partial charge in [0.1, 0.15) is 11.8 Å². The molecule has 0 atom stereocenters. The fourth-order valence-electron chi connectivity index (χ4n) is 1.25. The fraction of sp³-hybridized carbons (Fsp3) is 0.300. The van der Waals surface area contributed by atoms with E-state index >= 15 is 0 Å². The predicted molar refractivity (Wildman–Crippen MR) is 54.0 cm³/mol. The van der Waals surface area contributed by atoms with Crippen molar-refractivity contribution in [3.8, 4) is 6.07 Å². The summed E-state index contributed by atoms with van der Waals surface area (Å²) in [6.07, 6.45) is -2.34. The summed E-state index contributed by atoms with van der Waals surface area (Å²) in [6, 6.07) is 1.69. The minimum atomic E-state index is -2.81. The Morgan fingerprint density at radius 1 is 1.71 bits per heavy atom. The molecule has 0 unspecified atom stereocenters. The van der Waals surface area contributed by atoms with Crippen molar-refractivity contribution in [2.75, 3.05) is 12.8 Å². The van der Waals surface area contributed by atoms with Gasteiger partial charge >= 0.3 is 5.97 Å². The number of pyridine rings is 1. The Bertz CT molecular complexity index is 483. The number of alkyl halides is 2. The van der Waals surface area contributed by atoms with Gasteiger partial charge in [-0.2, -0.15) is 5.26 Å². The standard InChI is InChI=1S/C10H9F2N3O2/c1-17-8(16)2-5-7(3-13)15-4-6(9(5)14)10(11)12/h4,10H,2H2,1H3,(H2,14,15). The topological polar surface area (TPSA) is 89.0 Å². The molecule has 0 saturated heterocycles. The lowest BCUT2D eigenvalue weighted by Gasteiger charge is -2.10. The first-order valence-corrected chi connectivity index (χ1v) is 4.53. The molecular weight excluding hydrogens is 232 g/mol. The Labute approximate surface area is 95.8 Å². The molecule has 90 valence electrons. The SMILES string of the molecule is COC(=O)Cc1c(C#N)ncc(C(F)F)c1N. The second kappa shape index (κ2) is 5.21. The number of halogens is 2. The number of esters is 1. The number of nitrogens with zero attached hydrogens (tertiary/aromatic N) is 2. The lowest BCUT2D eigenvalue weighted by Crippen LogP contribution is -2.11. The van der Waals surface area contributed by atoms with Crippen LogP contribution in [0.15, 0.2) is 6.20 Å². The molecule has 1 rings (SSSR count). The first kappa shape index (κ1) is 12.8. The highest BCUT2D eigenvalue weighted by atomic mass is 19.3. The van der Waals surface area contributed by atoms with E-state index in [9.17, 15) is 13.6 Å². The van der Waals surface area contributed by atoms with E-state index in [1.165, 1.54) is 0 Å². The largest absolute Gasteiger partial charge is 0.469 e. The van der Waals surface area contributed by atoms with Gasteiger partial charge in [-0.15, -0.1) is 0 Å².